The molecule has 8 heteroatoms. The van der Waals surface area contributed by atoms with Crippen LogP contribution in [-0.2, 0) is 14.3 Å². The first-order valence-corrected chi connectivity index (χ1v) is 7.37. The average Bonchev–Trinajstić information content (AvgIpc) is 2.77. The monoisotopic (exact) mass is 319 g/mol. The first-order valence-electron chi connectivity index (χ1n) is 7.37. The summed E-state index contributed by atoms with van der Waals surface area (Å²) in [6.45, 7) is -0.175. The van der Waals surface area contributed by atoms with Crippen LogP contribution in [0, 0.1) is 10.8 Å². The molecule has 1 spiro atoms. The first kappa shape index (κ1) is 14.3. The quantitative estimate of drug-likeness (QED) is 0.839. The molecule has 1 atom stereocenters. The van der Waals surface area contributed by atoms with Crippen LogP contribution in [0.1, 0.15) is 32.1 Å². The molecule has 0 radical (unpaired) electrons. The number of alkyl halides is 3. The van der Waals surface area contributed by atoms with E-state index in [9.17, 15) is 27.9 Å². The number of hydrogen-bond donors (Lipinski definition) is 1. The van der Waals surface area contributed by atoms with Gasteiger partial charge in [0.05, 0.1) is 12.0 Å². The summed E-state index contributed by atoms with van der Waals surface area (Å²) < 4.78 is 44.3. The van der Waals surface area contributed by atoms with Crippen LogP contribution in [-0.4, -0.2) is 52.9 Å². The Kier molecular flexibility index (Phi) is 2.45. The number of halogens is 3. The number of carbonyl (C=O) groups is 2. The minimum Gasteiger partial charge on any atom is -0.480 e. The second-order valence-corrected chi connectivity index (χ2v) is 7.41. The lowest BCUT2D eigenvalue weighted by Crippen LogP contribution is -2.61. The van der Waals surface area contributed by atoms with Crippen molar-refractivity contribution >= 4 is 11.9 Å². The molecule has 3 aliphatic heterocycles. The summed E-state index contributed by atoms with van der Waals surface area (Å²) in [7, 11) is 0. The Balaban J connectivity index is 1.55. The van der Waals surface area contributed by atoms with Crippen LogP contribution < -0.4 is 0 Å². The molecule has 5 rings (SSSR count). The van der Waals surface area contributed by atoms with Gasteiger partial charge >= 0.3 is 12.1 Å². The number of fused-ring (bicyclic) bond motifs is 1. The number of carboxylic acid groups (broad SMARTS) is 1. The summed E-state index contributed by atoms with van der Waals surface area (Å²) in [5.41, 5.74) is -3.50. The van der Waals surface area contributed by atoms with Gasteiger partial charge < -0.3 is 14.7 Å². The lowest BCUT2D eigenvalue weighted by atomic mass is 9.61. The zero-order valence-corrected chi connectivity index (χ0v) is 11.8. The van der Waals surface area contributed by atoms with E-state index in [1.54, 1.807) is 0 Å². The maximum absolute atomic E-state index is 13.0. The summed E-state index contributed by atoms with van der Waals surface area (Å²) in [6.07, 6.45) is -2.99. The molecule has 0 aromatic carbocycles. The summed E-state index contributed by atoms with van der Waals surface area (Å²) in [5.74, 6) is -1.66. The first-order chi connectivity index (χ1) is 10.1. The van der Waals surface area contributed by atoms with Gasteiger partial charge in [-0.05, 0) is 24.7 Å². The number of rotatable bonds is 2. The van der Waals surface area contributed by atoms with Crippen molar-refractivity contribution < 1.29 is 32.6 Å². The standard InChI is InChI=1S/C14H16F3NO4/c15-14(16,17)12-4-13(5-12,22-7-12)10(21)18-6-11(1-2-11)3-8(18)9(19)20/h8H,1-7H2,(H,19,20)/t8-,12?,13?/m0/s1. The molecule has 3 saturated heterocycles. The molecule has 5 aliphatic rings. The zero-order chi connectivity index (χ0) is 16.0. The van der Waals surface area contributed by atoms with Crippen LogP contribution in [0.3, 0.4) is 0 Å². The zero-order valence-electron chi connectivity index (χ0n) is 11.8. The third-order valence-electron chi connectivity index (χ3n) is 5.88. The Bertz CT molecular complexity index is 563. The molecule has 122 valence electrons. The molecule has 1 N–H and O–H groups in total. The van der Waals surface area contributed by atoms with Crippen molar-refractivity contribution in [3.8, 4) is 0 Å². The fourth-order valence-electron chi connectivity index (χ4n) is 4.31. The maximum atomic E-state index is 13.0. The van der Waals surface area contributed by atoms with Crippen LogP contribution >= 0.6 is 0 Å². The molecule has 0 aromatic heterocycles. The predicted molar refractivity (Wildman–Crippen MR) is 65.8 cm³/mol. The number of aliphatic carboxylic acids is 1. The molecule has 2 bridgehead atoms. The van der Waals surface area contributed by atoms with Gasteiger partial charge in [0.15, 0.2) is 0 Å². The van der Waals surface area contributed by atoms with Crippen molar-refractivity contribution in [2.45, 2.75) is 49.9 Å². The third-order valence-corrected chi connectivity index (χ3v) is 5.88. The Labute approximate surface area is 124 Å². The number of hydrogen-bond acceptors (Lipinski definition) is 3. The number of ether oxygens (including phenoxy) is 1. The van der Waals surface area contributed by atoms with Gasteiger partial charge in [-0.3, -0.25) is 4.79 Å². The Morgan fingerprint density at radius 2 is 1.86 bits per heavy atom. The average molecular weight is 319 g/mol. The number of carbonyl (C=O) groups excluding carboxylic acids is 1. The highest BCUT2D eigenvalue weighted by Gasteiger charge is 2.77. The molecule has 2 saturated carbocycles. The van der Waals surface area contributed by atoms with E-state index >= 15 is 0 Å². The smallest absolute Gasteiger partial charge is 0.396 e. The Morgan fingerprint density at radius 3 is 2.32 bits per heavy atom. The number of nitrogens with zero attached hydrogens (tertiary/aromatic N) is 1. The molecule has 2 aliphatic carbocycles. The molecule has 0 aromatic rings. The van der Waals surface area contributed by atoms with Crippen molar-refractivity contribution in [3.05, 3.63) is 0 Å². The van der Waals surface area contributed by atoms with E-state index in [-0.39, 0.29) is 18.3 Å². The van der Waals surface area contributed by atoms with Gasteiger partial charge in [0.2, 0.25) is 0 Å². The second kappa shape index (κ2) is 3.77. The summed E-state index contributed by atoms with van der Waals surface area (Å²) in [5, 5.41) is 9.30. The topological polar surface area (TPSA) is 66.8 Å². The highest BCUT2D eigenvalue weighted by atomic mass is 19.4. The minimum absolute atomic E-state index is 0.126. The maximum Gasteiger partial charge on any atom is 0.396 e. The fraction of sp³-hybridized carbons (Fsp3) is 0.857. The van der Waals surface area contributed by atoms with E-state index in [0.717, 1.165) is 12.8 Å². The normalized spacial score (nSPS) is 41.6. The van der Waals surface area contributed by atoms with Crippen LogP contribution in [0.4, 0.5) is 13.2 Å². The molecule has 3 heterocycles. The number of likely N-dealkylation sites (tertiary alicyclic amines) is 1. The van der Waals surface area contributed by atoms with E-state index in [4.69, 9.17) is 4.74 Å². The van der Waals surface area contributed by atoms with E-state index in [2.05, 4.69) is 0 Å². The second-order valence-electron chi connectivity index (χ2n) is 7.41. The fourth-order valence-corrected chi connectivity index (χ4v) is 4.31. The molecule has 5 nitrogen and oxygen atoms in total. The highest BCUT2D eigenvalue weighted by Crippen LogP contribution is 2.66. The van der Waals surface area contributed by atoms with Gasteiger partial charge in [0.25, 0.3) is 5.91 Å². The van der Waals surface area contributed by atoms with E-state index in [1.807, 2.05) is 0 Å². The molecule has 0 unspecified atom stereocenters. The van der Waals surface area contributed by atoms with Crippen molar-refractivity contribution in [3.63, 3.8) is 0 Å². The van der Waals surface area contributed by atoms with Crippen molar-refractivity contribution in [1.82, 2.24) is 4.90 Å². The van der Waals surface area contributed by atoms with Gasteiger partial charge in [-0.15, -0.1) is 0 Å². The van der Waals surface area contributed by atoms with Crippen molar-refractivity contribution in [2.24, 2.45) is 10.8 Å². The van der Waals surface area contributed by atoms with E-state index in [1.165, 1.54) is 4.90 Å². The minimum atomic E-state index is -4.39. The van der Waals surface area contributed by atoms with Crippen LogP contribution in [0.25, 0.3) is 0 Å². The Hall–Kier alpha value is -1.31. The molecular weight excluding hydrogens is 303 g/mol. The van der Waals surface area contributed by atoms with E-state index in [0.29, 0.717) is 13.0 Å². The van der Waals surface area contributed by atoms with Crippen LogP contribution in [0.15, 0.2) is 0 Å². The molecular formula is C14H16F3NO4. The lowest BCUT2D eigenvalue weighted by molar-refractivity contribution is -0.243. The summed E-state index contributed by atoms with van der Waals surface area (Å²) in [4.78, 5) is 25.3. The SMILES string of the molecule is O=C(O)[C@@H]1CC2(CC2)CN1C(=O)C12CC(C(F)(F)F)(CO1)C2. The molecule has 22 heavy (non-hydrogen) atoms. The number of carboxylic acids is 1. The molecule has 5 fully saturated rings. The summed E-state index contributed by atoms with van der Waals surface area (Å²) >= 11 is 0. The van der Waals surface area contributed by atoms with Gasteiger partial charge in [0, 0.05) is 19.4 Å². The van der Waals surface area contributed by atoms with Gasteiger partial charge in [0.1, 0.15) is 11.6 Å². The Morgan fingerprint density at radius 1 is 1.23 bits per heavy atom. The molecule has 1 amide bonds. The van der Waals surface area contributed by atoms with E-state index < -0.39 is 41.7 Å². The largest absolute Gasteiger partial charge is 0.480 e. The lowest BCUT2D eigenvalue weighted by Gasteiger charge is -2.45. The summed E-state index contributed by atoms with van der Waals surface area (Å²) in [6, 6.07) is -0.936. The van der Waals surface area contributed by atoms with Crippen LogP contribution in [0.2, 0.25) is 0 Å². The third kappa shape index (κ3) is 1.64. The highest BCUT2D eigenvalue weighted by molar-refractivity contribution is 5.91. The van der Waals surface area contributed by atoms with Crippen molar-refractivity contribution in [2.75, 3.05) is 13.2 Å². The van der Waals surface area contributed by atoms with Crippen LogP contribution in [0.5, 0.6) is 0 Å². The predicted octanol–water partition coefficient (Wildman–Crippen LogP) is 1.56. The number of amides is 1. The van der Waals surface area contributed by atoms with Gasteiger partial charge in [-0.25, -0.2) is 4.79 Å². The van der Waals surface area contributed by atoms with Crippen molar-refractivity contribution in [1.29, 1.82) is 0 Å². The van der Waals surface area contributed by atoms with Gasteiger partial charge in [-0.1, -0.05) is 0 Å². The van der Waals surface area contributed by atoms with Gasteiger partial charge in [-0.2, -0.15) is 13.2 Å².